The molecule has 2 N–H and O–H groups in total. The average molecular weight is 232 g/mol. The Kier molecular flexibility index (Phi) is 2.50. The summed E-state index contributed by atoms with van der Waals surface area (Å²) in [6.45, 7) is 0. The van der Waals surface area contributed by atoms with Crippen LogP contribution >= 0.6 is 0 Å². The molecule has 3 atom stereocenters. The Balaban J connectivity index is 1.97. The topological polar surface area (TPSA) is 80.5 Å². The van der Waals surface area contributed by atoms with Crippen molar-refractivity contribution in [2.75, 3.05) is 18.6 Å². The van der Waals surface area contributed by atoms with Crippen LogP contribution in [0, 0.1) is 5.92 Å². The highest BCUT2D eigenvalue weighted by molar-refractivity contribution is 7.91. The van der Waals surface area contributed by atoms with Crippen LogP contribution in [0.2, 0.25) is 0 Å². The number of nitrogens with zero attached hydrogens (tertiary/aromatic N) is 1. The molecule has 0 radical (unpaired) electrons. The summed E-state index contributed by atoms with van der Waals surface area (Å²) in [5, 5.41) is 0. The minimum atomic E-state index is -2.92. The van der Waals surface area contributed by atoms with E-state index in [-0.39, 0.29) is 35.4 Å². The van der Waals surface area contributed by atoms with Crippen molar-refractivity contribution in [3.63, 3.8) is 0 Å². The fourth-order valence-corrected chi connectivity index (χ4v) is 3.80. The number of hydrogen-bond acceptors (Lipinski definition) is 4. The molecule has 2 rings (SSSR count). The second-order valence-electron chi connectivity index (χ2n) is 4.51. The van der Waals surface area contributed by atoms with Gasteiger partial charge in [0.25, 0.3) is 0 Å². The molecule has 1 aliphatic carbocycles. The molecule has 3 unspecified atom stereocenters. The van der Waals surface area contributed by atoms with E-state index in [1.165, 1.54) is 0 Å². The minimum Gasteiger partial charge on any atom is -0.341 e. The molecule has 0 bridgehead atoms. The zero-order valence-electron chi connectivity index (χ0n) is 8.72. The van der Waals surface area contributed by atoms with E-state index in [2.05, 4.69) is 0 Å². The van der Waals surface area contributed by atoms with Crippen LogP contribution in [-0.2, 0) is 14.6 Å². The van der Waals surface area contributed by atoms with Crippen LogP contribution in [0.3, 0.4) is 0 Å². The van der Waals surface area contributed by atoms with Gasteiger partial charge in [-0.1, -0.05) is 0 Å². The average Bonchev–Trinajstić information content (AvgIpc) is 2.76. The first-order valence-corrected chi connectivity index (χ1v) is 6.95. The van der Waals surface area contributed by atoms with Gasteiger partial charge in [0.2, 0.25) is 5.91 Å². The van der Waals surface area contributed by atoms with Crippen molar-refractivity contribution in [3.05, 3.63) is 0 Å². The fraction of sp³-hybridized carbons (Fsp3) is 0.889. The van der Waals surface area contributed by atoms with E-state index < -0.39 is 9.84 Å². The number of nitrogens with two attached hydrogens (primary N) is 1. The highest BCUT2D eigenvalue weighted by Crippen LogP contribution is 2.31. The molecule has 1 heterocycles. The van der Waals surface area contributed by atoms with E-state index >= 15 is 0 Å². The van der Waals surface area contributed by atoms with Gasteiger partial charge in [0.15, 0.2) is 9.84 Å². The van der Waals surface area contributed by atoms with Gasteiger partial charge in [-0.2, -0.15) is 0 Å². The zero-order chi connectivity index (χ0) is 11.2. The SMILES string of the molecule is CN(C(=O)C1CC1N)C1CCS(=O)(=O)C1. The minimum absolute atomic E-state index is 0.00426. The second kappa shape index (κ2) is 3.45. The van der Waals surface area contributed by atoms with Gasteiger partial charge in [0, 0.05) is 19.1 Å². The number of sulfone groups is 1. The first-order chi connectivity index (χ1) is 6.91. The van der Waals surface area contributed by atoms with E-state index in [1.54, 1.807) is 11.9 Å². The lowest BCUT2D eigenvalue weighted by atomic mass is 10.2. The lowest BCUT2D eigenvalue weighted by molar-refractivity contribution is -0.132. The monoisotopic (exact) mass is 232 g/mol. The Morgan fingerprint density at radius 3 is 2.47 bits per heavy atom. The van der Waals surface area contributed by atoms with Crippen molar-refractivity contribution < 1.29 is 13.2 Å². The van der Waals surface area contributed by atoms with Crippen LogP contribution in [0.1, 0.15) is 12.8 Å². The Morgan fingerprint density at radius 1 is 1.47 bits per heavy atom. The molecule has 1 amide bonds. The maximum Gasteiger partial charge on any atom is 0.227 e. The Hall–Kier alpha value is -0.620. The van der Waals surface area contributed by atoms with Crippen molar-refractivity contribution in [2.45, 2.75) is 24.9 Å². The van der Waals surface area contributed by atoms with Crippen molar-refractivity contribution in [1.82, 2.24) is 4.90 Å². The summed E-state index contributed by atoms with van der Waals surface area (Å²) in [7, 11) is -1.24. The Labute approximate surface area is 89.5 Å². The molecular weight excluding hydrogens is 216 g/mol. The molecule has 0 spiro atoms. The summed E-state index contributed by atoms with van der Waals surface area (Å²) in [5.74, 6) is 0.242. The van der Waals surface area contributed by atoms with E-state index in [4.69, 9.17) is 5.73 Å². The van der Waals surface area contributed by atoms with Gasteiger partial charge >= 0.3 is 0 Å². The molecule has 5 nitrogen and oxygen atoms in total. The molecule has 6 heteroatoms. The van der Waals surface area contributed by atoms with Gasteiger partial charge in [-0.15, -0.1) is 0 Å². The standard InChI is InChI=1S/C9H16N2O3S/c1-11(9(12)7-4-8(7)10)6-2-3-15(13,14)5-6/h6-8H,2-5,10H2,1H3. The van der Waals surface area contributed by atoms with Crippen LogP contribution in [-0.4, -0.2) is 49.9 Å². The van der Waals surface area contributed by atoms with Gasteiger partial charge in [0.1, 0.15) is 0 Å². The van der Waals surface area contributed by atoms with Crippen LogP contribution in [0.15, 0.2) is 0 Å². The van der Waals surface area contributed by atoms with Gasteiger partial charge < -0.3 is 10.6 Å². The largest absolute Gasteiger partial charge is 0.341 e. The molecule has 1 aliphatic heterocycles. The molecule has 1 saturated heterocycles. The molecule has 2 fully saturated rings. The van der Waals surface area contributed by atoms with Crippen molar-refractivity contribution >= 4 is 15.7 Å². The van der Waals surface area contributed by atoms with E-state index in [1.807, 2.05) is 0 Å². The summed E-state index contributed by atoms with van der Waals surface area (Å²) >= 11 is 0. The third kappa shape index (κ3) is 2.15. The van der Waals surface area contributed by atoms with Gasteiger partial charge in [-0.25, -0.2) is 8.42 Å². The van der Waals surface area contributed by atoms with Gasteiger partial charge in [0.05, 0.1) is 17.4 Å². The first-order valence-electron chi connectivity index (χ1n) is 5.13. The maximum absolute atomic E-state index is 11.8. The molecule has 1 saturated carbocycles. The molecule has 0 aromatic rings. The second-order valence-corrected chi connectivity index (χ2v) is 6.74. The fourth-order valence-electron chi connectivity index (χ4n) is 2.02. The van der Waals surface area contributed by atoms with E-state index in [0.717, 1.165) is 6.42 Å². The number of carbonyl (C=O) groups is 1. The first kappa shape index (κ1) is 10.9. The van der Waals surface area contributed by atoms with E-state index in [0.29, 0.717) is 6.42 Å². The molecule has 2 aliphatic rings. The number of hydrogen-bond donors (Lipinski definition) is 1. The summed E-state index contributed by atoms with van der Waals surface area (Å²) in [6, 6.07) is -0.159. The molecule has 0 aromatic carbocycles. The highest BCUT2D eigenvalue weighted by Gasteiger charge is 2.44. The van der Waals surface area contributed by atoms with Crippen molar-refractivity contribution in [1.29, 1.82) is 0 Å². The van der Waals surface area contributed by atoms with Crippen LogP contribution in [0.25, 0.3) is 0 Å². The van der Waals surface area contributed by atoms with Crippen molar-refractivity contribution in [2.24, 2.45) is 11.7 Å². The normalized spacial score (nSPS) is 37.6. The smallest absolute Gasteiger partial charge is 0.227 e. The molecule has 86 valence electrons. The van der Waals surface area contributed by atoms with Crippen LogP contribution in [0.5, 0.6) is 0 Å². The van der Waals surface area contributed by atoms with Crippen LogP contribution < -0.4 is 5.73 Å². The summed E-state index contributed by atoms with van der Waals surface area (Å²) in [5.41, 5.74) is 5.59. The van der Waals surface area contributed by atoms with Gasteiger partial charge in [-0.05, 0) is 12.8 Å². The lowest BCUT2D eigenvalue weighted by Crippen LogP contribution is -2.39. The number of rotatable bonds is 2. The van der Waals surface area contributed by atoms with E-state index in [9.17, 15) is 13.2 Å². The summed E-state index contributed by atoms with van der Waals surface area (Å²) < 4.78 is 22.5. The third-order valence-electron chi connectivity index (χ3n) is 3.26. The Morgan fingerprint density at radius 2 is 2.07 bits per heavy atom. The number of carbonyl (C=O) groups excluding carboxylic acids is 1. The van der Waals surface area contributed by atoms with Gasteiger partial charge in [-0.3, -0.25) is 4.79 Å². The Bertz CT molecular complexity index is 379. The molecule has 0 aromatic heterocycles. The molecular formula is C9H16N2O3S. The number of amides is 1. The lowest BCUT2D eigenvalue weighted by Gasteiger charge is -2.23. The maximum atomic E-state index is 11.8. The highest BCUT2D eigenvalue weighted by atomic mass is 32.2. The summed E-state index contributed by atoms with van der Waals surface area (Å²) in [4.78, 5) is 13.3. The zero-order valence-corrected chi connectivity index (χ0v) is 9.53. The molecule has 15 heavy (non-hydrogen) atoms. The van der Waals surface area contributed by atoms with Crippen molar-refractivity contribution in [3.8, 4) is 0 Å². The third-order valence-corrected chi connectivity index (χ3v) is 5.01. The summed E-state index contributed by atoms with van der Waals surface area (Å²) in [6.07, 6.45) is 1.30. The predicted octanol–water partition coefficient (Wildman–Crippen LogP) is -1.02. The van der Waals surface area contributed by atoms with Crippen LogP contribution in [0.4, 0.5) is 0 Å². The quantitative estimate of drug-likeness (QED) is 0.661. The predicted molar refractivity (Wildman–Crippen MR) is 55.9 cm³/mol.